The zero-order valence-electron chi connectivity index (χ0n) is 16.1. The fourth-order valence-electron chi connectivity index (χ4n) is 3.12. The number of halogens is 1. The quantitative estimate of drug-likeness (QED) is 0.479. The SMILES string of the molecule is COc1ccc(C)cc1N[C@@H](c1nnc(-c2ccccc2)o1)c1ccccc1F. The van der Waals surface area contributed by atoms with Crippen molar-refractivity contribution in [3.05, 3.63) is 95.6 Å². The molecule has 146 valence electrons. The van der Waals surface area contributed by atoms with E-state index in [1.54, 1.807) is 25.3 Å². The Labute approximate surface area is 168 Å². The number of hydrogen-bond donors (Lipinski definition) is 1. The monoisotopic (exact) mass is 389 g/mol. The third kappa shape index (κ3) is 3.96. The summed E-state index contributed by atoms with van der Waals surface area (Å²) in [6, 6.07) is 21.0. The van der Waals surface area contributed by atoms with Crippen LogP contribution in [0.4, 0.5) is 10.1 Å². The molecule has 6 heteroatoms. The molecule has 0 aliphatic heterocycles. The maximum absolute atomic E-state index is 14.7. The topological polar surface area (TPSA) is 60.2 Å². The molecule has 1 atom stereocenters. The summed E-state index contributed by atoms with van der Waals surface area (Å²) in [5, 5.41) is 11.7. The van der Waals surface area contributed by atoms with Crippen LogP contribution in [-0.2, 0) is 0 Å². The lowest BCUT2D eigenvalue weighted by Gasteiger charge is -2.20. The van der Waals surface area contributed by atoms with Crippen molar-refractivity contribution >= 4 is 5.69 Å². The van der Waals surface area contributed by atoms with E-state index >= 15 is 0 Å². The highest BCUT2D eigenvalue weighted by molar-refractivity contribution is 5.60. The molecule has 1 N–H and O–H groups in total. The standard InChI is InChI=1S/C23H20FN3O2/c1-15-12-13-20(28-2)19(14-15)25-21(17-10-6-7-11-18(17)24)23-27-26-22(29-23)16-8-4-3-5-9-16/h3-14,21,25H,1-2H3/t21-/m1/s1. The van der Waals surface area contributed by atoms with Crippen LogP contribution < -0.4 is 10.1 Å². The van der Waals surface area contributed by atoms with Gasteiger partial charge in [-0.2, -0.15) is 0 Å². The Balaban J connectivity index is 1.77. The number of anilines is 1. The van der Waals surface area contributed by atoms with E-state index < -0.39 is 6.04 Å². The van der Waals surface area contributed by atoms with Crippen LogP contribution in [0, 0.1) is 12.7 Å². The van der Waals surface area contributed by atoms with Crippen LogP contribution in [0.5, 0.6) is 5.75 Å². The molecular formula is C23H20FN3O2. The van der Waals surface area contributed by atoms with Gasteiger partial charge in [-0.3, -0.25) is 0 Å². The maximum atomic E-state index is 14.7. The van der Waals surface area contributed by atoms with Gasteiger partial charge in [0.2, 0.25) is 11.8 Å². The molecule has 3 aromatic carbocycles. The van der Waals surface area contributed by atoms with Gasteiger partial charge in [0.05, 0.1) is 12.8 Å². The van der Waals surface area contributed by atoms with Gasteiger partial charge in [0.25, 0.3) is 0 Å². The van der Waals surface area contributed by atoms with Gasteiger partial charge in [-0.15, -0.1) is 10.2 Å². The van der Waals surface area contributed by atoms with Gasteiger partial charge < -0.3 is 14.5 Å². The Morgan fingerprint density at radius 1 is 0.966 bits per heavy atom. The smallest absolute Gasteiger partial charge is 0.247 e. The summed E-state index contributed by atoms with van der Waals surface area (Å²) in [7, 11) is 1.59. The minimum Gasteiger partial charge on any atom is -0.495 e. The summed E-state index contributed by atoms with van der Waals surface area (Å²) >= 11 is 0. The summed E-state index contributed by atoms with van der Waals surface area (Å²) in [5.41, 5.74) is 2.95. The predicted octanol–water partition coefficient (Wildman–Crippen LogP) is 5.39. The van der Waals surface area contributed by atoms with E-state index in [0.717, 1.165) is 11.1 Å². The second-order valence-corrected chi connectivity index (χ2v) is 6.61. The van der Waals surface area contributed by atoms with E-state index in [1.165, 1.54) is 6.07 Å². The van der Waals surface area contributed by atoms with Crippen molar-refractivity contribution < 1.29 is 13.5 Å². The maximum Gasteiger partial charge on any atom is 0.247 e. The number of hydrogen-bond acceptors (Lipinski definition) is 5. The molecule has 0 amide bonds. The highest BCUT2D eigenvalue weighted by atomic mass is 19.1. The van der Waals surface area contributed by atoms with E-state index in [1.807, 2.05) is 55.5 Å². The molecular weight excluding hydrogens is 369 g/mol. The van der Waals surface area contributed by atoms with Gasteiger partial charge >= 0.3 is 0 Å². The zero-order valence-corrected chi connectivity index (χ0v) is 16.1. The fraction of sp³-hybridized carbons (Fsp3) is 0.130. The van der Waals surface area contributed by atoms with Gasteiger partial charge in [-0.25, -0.2) is 4.39 Å². The Hall–Kier alpha value is -3.67. The van der Waals surface area contributed by atoms with Gasteiger partial charge in [-0.1, -0.05) is 42.5 Å². The number of methoxy groups -OCH3 is 1. The Bertz CT molecular complexity index is 1110. The van der Waals surface area contributed by atoms with Crippen molar-refractivity contribution in [1.82, 2.24) is 10.2 Å². The molecule has 0 radical (unpaired) electrons. The zero-order chi connectivity index (χ0) is 20.2. The first-order chi connectivity index (χ1) is 14.2. The van der Waals surface area contributed by atoms with E-state index in [2.05, 4.69) is 15.5 Å². The lowest BCUT2D eigenvalue weighted by atomic mass is 10.1. The molecule has 0 bridgehead atoms. The highest BCUT2D eigenvalue weighted by Gasteiger charge is 2.25. The summed E-state index contributed by atoms with van der Waals surface area (Å²) < 4.78 is 26.0. The van der Waals surface area contributed by atoms with Crippen LogP contribution >= 0.6 is 0 Å². The fourth-order valence-corrected chi connectivity index (χ4v) is 3.12. The second-order valence-electron chi connectivity index (χ2n) is 6.61. The molecule has 1 heterocycles. The number of aryl methyl sites for hydroxylation is 1. The van der Waals surface area contributed by atoms with Crippen LogP contribution in [0.15, 0.2) is 77.2 Å². The molecule has 0 saturated carbocycles. The van der Waals surface area contributed by atoms with Crippen molar-refractivity contribution in [3.63, 3.8) is 0 Å². The number of nitrogens with zero attached hydrogens (tertiary/aromatic N) is 2. The summed E-state index contributed by atoms with van der Waals surface area (Å²) in [6.45, 7) is 1.98. The van der Waals surface area contributed by atoms with E-state index in [4.69, 9.17) is 9.15 Å². The summed E-state index contributed by atoms with van der Waals surface area (Å²) in [6.07, 6.45) is 0. The molecule has 4 aromatic rings. The van der Waals surface area contributed by atoms with Crippen LogP contribution in [-0.4, -0.2) is 17.3 Å². The highest BCUT2D eigenvalue weighted by Crippen LogP contribution is 2.34. The lowest BCUT2D eigenvalue weighted by Crippen LogP contribution is -2.15. The van der Waals surface area contributed by atoms with Crippen molar-refractivity contribution in [1.29, 1.82) is 0 Å². The van der Waals surface area contributed by atoms with Crippen LogP contribution in [0.2, 0.25) is 0 Å². The molecule has 5 nitrogen and oxygen atoms in total. The number of aromatic nitrogens is 2. The Morgan fingerprint density at radius 3 is 2.48 bits per heavy atom. The van der Waals surface area contributed by atoms with Crippen molar-refractivity contribution in [2.75, 3.05) is 12.4 Å². The first kappa shape index (κ1) is 18.7. The molecule has 0 fully saturated rings. The van der Waals surface area contributed by atoms with Crippen molar-refractivity contribution in [2.24, 2.45) is 0 Å². The molecule has 0 spiro atoms. The molecule has 0 saturated heterocycles. The van der Waals surface area contributed by atoms with E-state index in [0.29, 0.717) is 22.9 Å². The number of benzene rings is 3. The Morgan fingerprint density at radius 2 is 1.72 bits per heavy atom. The van der Waals surface area contributed by atoms with Gasteiger partial charge in [-0.05, 0) is 42.8 Å². The molecule has 0 unspecified atom stereocenters. The first-order valence-electron chi connectivity index (χ1n) is 9.20. The van der Waals surface area contributed by atoms with E-state index in [9.17, 15) is 4.39 Å². The number of ether oxygens (including phenoxy) is 1. The normalized spacial score (nSPS) is 11.8. The van der Waals surface area contributed by atoms with E-state index in [-0.39, 0.29) is 11.7 Å². The van der Waals surface area contributed by atoms with Crippen LogP contribution in [0.3, 0.4) is 0 Å². The Kier molecular flexibility index (Phi) is 5.24. The summed E-state index contributed by atoms with van der Waals surface area (Å²) in [4.78, 5) is 0. The molecule has 0 aliphatic rings. The van der Waals surface area contributed by atoms with Gasteiger partial charge in [0, 0.05) is 11.1 Å². The van der Waals surface area contributed by atoms with Gasteiger partial charge in [0.1, 0.15) is 17.6 Å². The summed E-state index contributed by atoms with van der Waals surface area (Å²) in [5.74, 6) is 0.910. The number of rotatable bonds is 6. The third-order valence-corrected chi connectivity index (χ3v) is 4.58. The molecule has 29 heavy (non-hydrogen) atoms. The van der Waals surface area contributed by atoms with Crippen molar-refractivity contribution in [3.8, 4) is 17.2 Å². The first-order valence-corrected chi connectivity index (χ1v) is 9.20. The molecule has 4 rings (SSSR count). The second kappa shape index (κ2) is 8.14. The number of nitrogens with one attached hydrogen (secondary N) is 1. The predicted molar refractivity (Wildman–Crippen MR) is 109 cm³/mol. The van der Waals surface area contributed by atoms with Gasteiger partial charge in [0.15, 0.2) is 0 Å². The van der Waals surface area contributed by atoms with Crippen molar-refractivity contribution in [2.45, 2.75) is 13.0 Å². The molecule has 0 aliphatic carbocycles. The molecule has 1 aromatic heterocycles. The minimum atomic E-state index is -0.683. The van der Waals surface area contributed by atoms with Crippen LogP contribution in [0.25, 0.3) is 11.5 Å². The van der Waals surface area contributed by atoms with Crippen LogP contribution in [0.1, 0.15) is 23.1 Å². The third-order valence-electron chi connectivity index (χ3n) is 4.58. The largest absolute Gasteiger partial charge is 0.495 e. The minimum absolute atomic E-state index is 0.262. The average Bonchev–Trinajstić information content (AvgIpc) is 3.23. The lowest BCUT2D eigenvalue weighted by molar-refractivity contribution is 0.415. The average molecular weight is 389 g/mol.